The predicted octanol–water partition coefficient (Wildman–Crippen LogP) is 2.82. The van der Waals surface area contributed by atoms with Crippen molar-refractivity contribution in [2.75, 3.05) is 4.90 Å². The van der Waals surface area contributed by atoms with E-state index in [1.54, 1.807) is 10.6 Å². The van der Waals surface area contributed by atoms with E-state index in [0.717, 1.165) is 0 Å². The average Bonchev–Trinajstić information content (AvgIpc) is 2.71. The van der Waals surface area contributed by atoms with Crippen LogP contribution >= 0.6 is 11.6 Å². The number of halogens is 4. The normalized spacial score (nSPS) is 21.3. The number of nitrogens with zero attached hydrogens (tertiary/aromatic N) is 1. The van der Waals surface area contributed by atoms with Gasteiger partial charge in [0.15, 0.2) is 0 Å². The number of carbonyl (C=O) groups excluding carboxylic acids is 3. The quantitative estimate of drug-likeness (QED) is 0.778. The number of amides is 4. The minimum Gasteiger partial charge on any atom is -0.317 e. The Morgan fingerprint density at radius 3 is 2.12 bits per heavy atom. The van der Waals surface area contributed by atoms with Crippen LogP contribution in [0.3, 0.4) is 0 Å². The Kier molecular flexibility index (Phi) is 4.50. The van der Waals surface area contributed by atoms with E-state index in [-0.39, 0.29) is 10.7 Å². The summed E-state index contributed by atoms with van der Waals surface area (Å²) in [4.78, 5) is 37.0. The summed E-state index contributed by atoms with van der Waals surface area (Å²) in [5.74, 6) is -2.69. The van der Waals surface area contributed by atoms with Crippen molar-refractivity contribution in [2.24, 2.45) is 5.41 Å². The van der Waals surface area contributed by atoms with Crippen LogP contribution in [-0.4, -0.2) is 29.7 Å². The maximum Gasteiger partial charge on any atom is 0.440 e. The van der Waals surface area contributed by atoms with Gasteiger partial charge < -0.3 is 5.32 Å². The van der Waals surface area contributed by atoms with Gasteiger partial charge in [-0.1, -0.05) is 32.4 Å². The zero-order chi connectivity index (χ0) is 19.2. The highest BCUT2D eigenvalue weighted by Gasteiger charge is 2.69. The van der Waals surface area contributed by atoms with Crippen molar-refractivity contribution in [2.45, 2.75) is 32.6 Å². The third-order valence-corrected chi connectivity index (χ3v) is 3.77. The van der Waals surface area contributed by atoms with Crippen LogP contribution in [0.1, 0.15) is 20.8 Å². The molecule has 136 valence electrons. The fourth-order valence-corrected chi connectivity index (χ4v) is 2.19. The number of urea groups is 1. The van der Waals surface area contributed by atoms with E-state index in [4.69, 9.17) is 11.6 Å². The predicted molar refractivity (Wildman–Crippen MR) is 83.9 cm³/mol. The first kappa shape index (κ1) is 19.0. The molecule has 10 heteroatoms. The van der Waals surface area contributed by atoms with Gasteiger partial charge in [-0.05, 0) is 24.3 Å². The lowest BCUT2D eigenvalue weighted by atomic mass is 9.94. The van der Waals surface area contributed by atoms with Crippen LogP contribution in [0.4, 0.5) is 23.7 Å². The first-order chi connectivity index (χ1) is 11.3. The molecule has 2 N–H and O–H groups in total. The van der Waals surface area contributed by atoms with Gasteiger partial charge >= 0.3 is 12.2 Å². The Morgan fingerprint density at radius 1 is 1.16 bits per heavy atom. The monoisotopic (exact) mass is 377 g/mol. The van der Waals surface area contributed by atoms with Gasteiger partial charge in [-0.3, -0.25) is 14.9 Å². The van der Waals surface area contributed by atoms with Crippen molar-refractivity contribution in [3.8, 4) is 0 Å². The van der Waals surface area contributed by atoms with Gasteiger partial charge in [0.05, 0.1) is 5.69 Å². The topological polar surface area (TPSA) is 78.5 Å². The Morgan fingerprint density at radius 2 is 1.68 bits per heavy atom. The standard InChI is InChI=1S/C15H15ClF3N3O3/c1-13(2,3)10(23)20-14(15(17,18)19)11(24)22(12(25)21-14)9-6-4-8(16)5-7-9/h4-7H,1-3H3,(H,20,23)(H,21,25)/t14-/m0/s1. The fourth-order valence-electron chi connectivity index (χ4n) is 2.06. The van der Waals surface area contributed by atoms with Gasteiger partial charge in [0.25, 0.3) is 11.6 Å². The van der Waals surface area contributed by atoms with Crippen LogP contribution < -0.4 is 15.5 Å². The van der Waals surface area contributed by atoms with Crippen molar-refractivity contribution < 1.29 is 27.6 Å². The molecule has 4 amide bonds. The second-order valence-electron chi connectivity index (χ2n) is 6.50. The largest absolute Gasteiger partial charge is 0.440 e. The molecule has 2 rings (SSSR count). The van der Waals surface area contributed by atoms with Crippen molar-refractivity contribution in [3.63, 3.8) is 0 Å². The van der Waals surface area contributed by atoms with E-state index in [9.17, 15) is 27.6 Å². The van der Waals surface area contributed by atoms with Gasteiger partial charge in [0.1, 0.15) is 0 Å². The van der Waals surface area contributed by atoms with E-state index in [0.29, 0.717) is 4.90 Å². The molecule has 1 atom stereocenters. The van der Waals surface area contributed by atoms with Crippen LogP contribution in [0, 0.1) is 5.41 Å². The lowest BCUT2D eigenvalue weighted by molar-refractivity contribution is -0.202. The molecule has 1 aliphatic rings. The second kappa shape index (κ2) is 5.91. The molecular formula is C15H15ClF3N3O3. The molecule has 1 aliphatic heterocycles. The van der Waals surface area contributed by atoms with Crippen molar-refractivity contribution in [1.82, 2.24) is 10.6 Å². The summed E-state index contributed by atoms with van der Waals surface area (Å²) < 4.78 is 40.9. The minimum absolute atomic E-state index is 0.108. The van der Waals surface area contributed by atoms with Gasteiger partial charge in [0, 0.05) is 10.4 Å². The van der Waals surface area contributed by atoms with Crippen molar-refractivity contribution in [1.29, 1.82) is 0 Å². The number of imide groups is 1. The molecule has 1 aromatic rings. The average molecular weight is 378 g/mol. The molecule has 25 heavy (non-hydrogen) atoms. The highest BCUT2D eigenvalue weighted by molar-refractivity contribution is 6.31. The molecule has 0 spiro atoms. The highest BCUT2D eigenvalue weighted by Crippen LogP contribution is 2.36. The number of rotatable bonds is 2. The first-order valence-electron chi connectivity index (χ1n) is 7.11. The summed E-state index contributed by atoms with van der Waals surface area (Å²) >= 11 is 5.70. The van der Waals surface area contributed by atoms with E-state index in [1.807, 2.05) is 0 Å². The summed E-state index contributed by atoms with van der Waals surface area (Å²) in [6.07, 6.45) is -5.25. The summed E-state index contributed by atoms with van der Waals surface area (Å²) in [6.45, 7) is 4.14. The molecule has 0 aliphatic carbocycles. The van der Waals surface area contributed by atoms with Gasteiger partial charge in [0.2, 0.25) is 5.91 Å². The summed E-state index contributed by atoms with van der Waals surface area (Å²) in [6, 6.07) is 3.77. The highest BCUT2D eigenvalue weighted by atomic mass is 35.5. The molecule has 0 unspecified atom stereocenters. The Hall–Kier alpha value is -2.29. The van der Waals surface area contributed by atoms with Crippen LogP contribution in [0.15, 0.2) is 24.3 Å². The number of carbonyl (C=O) groups is 3. The lowest BCUT2D eigenvalue weighted by Gasteiger charge is -2.32. The number of nitrogens with one attached hydrogen (secondary N) is 2. The molecule has 0 aromatic heterocycles. The summed E-state index contributed by atoms with van der Waals surface area (Å²) in [7, 11) is 0. The molecule has 0 saturated carbocycles. The zero-order valence-corrected chi connectivity index (χ0v) is 14.2. The number of benzene rings is 1. The number of hydrogen-bond donors (Lipinski definition) is 2. The maximum atomic E-state index is 13.6. The Bertz CT molecular complexity index is 728. The Labute approximate surface area is 146 Å². The van der Waals surface area contributed by atoms with Crippen LogP contribution in [0.25, 0.3) is 0 Å². The van der Waals surface area contributed by atoms with Crippen LogP contribution in [0.5, 0.6) is 0 Å². The van der Waals surface area contributed by atoms with Gasteiger partial charge in [-0.15, -0.1) is 0 Å². The third-order valence-electron chi connectivity index (χ3n) is 3.51. The number of alkyl halides is 3. The van der Waals surface area contributed by atoms with Gasteiger partial charge in [-0.2, -0.15) is 13.2 Å². The molecule has 0 radical (unpaired) electrons. The molecule has 1 saturated heterocycles. The molecular weight excluding hydrogens is 363 g/mol. The maximum absolute atomic E-state index is 13.6. The van der Waals surface area contributed by atoms with Crippen LogP contribution in [-0.2, 0) is 9.59 Å². The minimum atomic E-state index is -5.25. The second-order valence-corrected chi connectivity index (χ2v) is 6.94. The van der Waals surface area contributed by atoms with Crippen molar-refractivity contribution >= 4 is 35.1 Å². The molecule has 1 fully saturated rings. The molecule has 0 bridgehead atoms. The number of hydrogen-bond acceptors (Lipinski definition) is 3. The SMILES string of the molecule is CC(C)(C)C(=O)N[C@]1(C(F)(F)F)NC(=O)N(c2ccc(Cl)cc2)C1=O. The fraction of sp³-hybridized carbons (Fsp3) is 0.400. The third kappa shape index (κ3) is 3.28. The molecule has 1 aromatic carbocycles. The smallest absolute Gasteiger partial charge is 0.317 e. The van der Waals surface area contributed by atoms with E-state index in [1.165, 1.54) is 45.0 Å². The summed E-state index contributed by atoms with van der Waals surface area (Å²) in [5, 5.41) is 3.50. The van der Waals surface area contributed by atoms with Gasteiger partial charge in [-0.25, -0.2) is 9.69 Å². The summed E-state index contributed by atoms with van der Waals surface area (Å²) in [5.41, 5.74) is -4.85. The van der Waals surface area contributed by atoms with Crippen LogP contribution in [0.2, 0.25) is 5.02 Å². The number of anilines is 1. The zero-order valence-electron chi connectivity index (χ0n) is 13.5. The van der Waals surface area contributed by atoms with E-state index in [2.05, 4.69) is 0 Å². The lowest BCUT2D eigenvalue weighted by Crippen LogP contribution is -2.70. The van der Waals surface area contributed by atoms with Crippen molar-refractivity contribution in [3.05, 3.63) is 29.3 Å². The van der Waals surface area contributed by atoms with E-state index < -0.39 is 35.1 Å². The first-order valence-corrected chi connectivity index (χ1v) is 7.49. The van der Waals surface area contributed by atoms with E-state index >= 15 is 0 Å². The molecule has 6 nitrogen and oxygen atoms in total. The molecule has 1 heterocycles. The Balaban J connectivity index is 2.49.